The number of amides is 2. The molecule has 0 atom stereocenters. The monoisotopic (exact) mass is 574 g/mol. The molecule has 2 amide bonds. The first kappa shape index (κ1) is 29.7. The molecular formula is C28H24Cl2FeN4O2. The maximum absolute atomic E-state index is 11.8. The number of halogens is 2. The summed E-state index contributed by atoms with van der Waals surface area (Å²) in [5.74, 6) is -0.627. The summed E-state index contributed by atoms with van der Waals surface area (Å²) in [6.45, 7) is 3.67. The number of carbonyl (C=O) groups excluding carboxylic acids is 2. The van der Waals surface area contributed by atoms with Crippen LogP contribution < -0.4 is 10.9 Å². The van der Waals surface area contributed by atoms with Crippen molar-refractivity contribution >= 4 is 46.4 Å². The minimum Gasteiger partial charge on any atom is -0.267 e. The minimum absolute atomic E-state index is 0. The van der Waals surface area contributed by atoms with Gasteiger partial charge >= 0.3 is 17.1 Å². The minimum atomic E-state index is -0.313. The van der Waals surface area contributed by atoms with Crippen molar-refractivity contribution in [3.63, 3.8) is 0 Å². The fourth-order valence-electron chi connectivity index (χ4n) is 3.04. The molecule has 0 saturated heterocycles. The van der Waals surface area contributed by atoms with Crippen molar-refractivity contribution in [1.82, 2.24) is 10.9 Å². The molecule has 0 saturated carbocycles. The maximum atomic E-state index is 11.8. The molecule has 0 unspecified atom stereocenters. The molecule has 0 aromatic heterocycles. The molecule has 2 N–H and O–H groups in total. The molecule has 4 aromatic carbocycles. The summed E-state index contributed by atoms with van der Waals surface area (Å²) in [5.41, 5.74) is 9.28. The molecule has 0 spiro atoms. The third kappa shape index (κ3) is 8.84. The van der Waals surface area contributed by atoms with Crippen molar-refractivity contribution < 1.29 is 26.7 Å². The van der Waals surface area contributed by atoms with Gasteiger partial charge in [0.05, 0.1) is 21.2 Å². The third-order valence-corrected chi connectivity index (χ3v) is 5.71. The van der Waals surface area contributed by atoms with E-state index in [2.05, 4.69) is 21.1 Å². The van der Waals surface area contributed by atoms with Crippen LogP contribution >= 0.6 is 23.2 Å². The van der Waals surface area contributed by atoms with Gasteiger partial charge in [-0.15, -0.1) is 23.3 Å². The number of benzene rings is 2. The van der Waals surface area contributed by atoms with Crippen LogP contribution in [0, 0.1) is 0 Å². The summed E-state index contributed by atoms with van der Waals surface area (Å²) < 4.78 is 0. The van der Waals surface area contributed by atoms with Crippen LogP contribution in [0.1, 0.15) is 45.7 Å². The van der Waals surface area contributed by atoms with E-state index in [0.29, 0.717) is 21.2 Å². The predicted octanol–water partition coefficient (Wildman–Crippen LogP) is 6.42. The van der Waals surface area contributed by atoms with E-state index in [1.165, 1.54) is 0 Å². The summed E-state index contributed by atoms with van der Waals surface area (Å²) in [5, 5.41) is 8.91. The van der Waals surface area contributed by atoms with Crippen LogP contribution in [0.25, 0.3) is 0 Å². The van der Waals surface area contributed by atoms with Crippen molar-refractivity contribution in [2.45, 2.75) is 13.8 Å². The third-order valence-electron chi connectivity index (χ3n) is 5.05. The number of hydrogen-bond donors (Lipinski definition) is 2. The van der Waals surface area contributed by atoms with E-state index in [1.54, 1.807) is 48.5 Å². The largest absolute Gasteiger partial charge is 2.00 e. The van der Waals surface area contributed by atoms with Crippen molar-refractivity contribution in [3.8, 4) is 0 Å². The van der Waals surface area contributed by atoms with Gasteiger partial charge in [-0.3, -0.25) is 20.4 Å². The second-order valence-corrected chi connectivity index (χ2v) is 8.40. The molecule has 0 heterocycles. The molecule has 0 aliphatic rings. The van der Waals surface area contributed by atoms with Crippen LogP contribution in [-0.2, 0) is 17.1 Å². The molecule has 37 heavy (non-hydrogen) atoms. The van der Waals surface area contributed by atoms with Gasteiger partial charge in [-0.05, 0) is 35.7 Å². The zero-order chi connectivity index (χ0) is 25.9. The standard InChI is InChI=1S/2C14H12ClN2O.Fe/c2*1-10(11-6-2-3-7-11)16-17-14(18)12-8-4-5-9-13(12)15;/h2*2-9H,1H3,(H,17,18);/q2*-1;+2/b2*16-10+;. The van der Waals surface area contributed by atoms with Gasteiger partial charge in [0.15, 0.2) is 0 Å². The molecular weight excluding hydrogens is 551 g/mol. The topological polar surface area (TPSA) is 82.9 Å². The molecule has 0 aliphatic carbocycles. The van der Waals surface area contributed by atoms with Crippen molar-refractivity contribution in [3.05, 3.63) is 129 Å². The zero-order valence-electron chi connectivity index (χ0n) is 20.1. The number of nitrogens with zero attached hydrogens (tertiary/aromatic N) is 2. The van der Waals surface area contributed by atoms with Crippen LogP contribution in [0.3, 0.4) is 0 Å². The van der Waals surface area contributed by atoms with Crippen molar-refractivity contribution in [2.75, 3.05) is 0 Å². The molecule has 4 aromatic rings. The number of hydrogen-bond acceptors (Lipinski definition) is 4. The van der Waals surface area contributed by atoms with Crippen LogP contribution in [-0.4, -0.2) is 23.2 Å². The summed E-state index contributed by atoms with van der Waals surface area (Å²) in [4.78, 5) is 23.7. The van der Waals surface area contributed by atoms with E-state index in [4.69, 9.17) is 23.2 Å². The molecule has 190 valence electrons. The summed E-state index contributed by atoms with van der Waals surface area (Å²) in [6.07, 6.45) is 0. The Bertz CT molecular complexity index is 1260. The van der Waals surface area contributed by atoms with Crippen LogP contribution in [0.5, 0.6) is 0 Å². The number of hydrazone groups is 2. The first-order valence-corrected chi connectivity index (χ1v) is 11.7. The van der Waals surface area contributed by atoms with Crippen LogP contribution in [0.2, 0.25) is 10.0 Å². The normalized spacial score (nSPS) is 11.0. The second kappa shape index (κ2) is 14.9. The molecule has 0 fully saturated rings. The van der Waals surface area contributed by atoms with E-state index in [9.17, 15) is 9.59 Å². The van der Waals surface area contributed by atoms with E-state index in [-0.39, 0.29) is 28.9 Å². The van der Waals surface area contributed by atoms with E-state index < -0.39 is 0 Å². The zero-order valence-corrected chi connectivity index (χ0v) is 22.7. The Labute approximate surface area is 236 Å². The Hall–Kier alpha value is -3.48. The number of carbonyl (C=O) groups is 2. The molecule has 0 radical (unpaired) electrons. The Balaban J connectivity index is 0.000000253. The smallest absolute Gasteiger partial charge is 0.267 e. The Morgan fingerprint density at radius 3 is 1.35 bits per heavy atom. The van der Waals surface area contributed by atoms with E-state index in [1.807, 2.05) is 62.4 Å². The molecule has 9 heteroatoms. The van der Waals surface area contributed by atoms with Crippen LogP contribution in [0.15, 0.2) is 107 Å². The molecule has 0 aliphatic heterocycles. The fourth-order valence-corrected chi connectivity index (χ4v) is 3.48. The van der Waals surface area contributed by atoms with Crippen LogP contribution in [0.4, 0.5) is 0 Å². The quantitative estimate of drug-likeness (QED) is 0.120. The average Bonchev–Trinajstić information content (AvgIpc) is 3.61. The average molecular weight is 575 g/mol. The molecule has 6 nitrogen and oxygen atoms in total. The number of nitrogens with one attached hydrogen (secondary N) is 2. The second-order valence-electron chi connectivity index (χ2n) is 7.58. The predicted molar refractivity (Wildman–Crippen MR) is 146 cm³/mol. The molecule has 4 rings (SSSR count). The SMILES string of the molecule is C/C(=N\NC(=O)c1ccccc1Cl)c1ccc[cH-]1.C/C(=N\NC(=O)c1ccccc1Cl)c1ccc[cH-]1.[Fe+2]. The van der Waals surface area contributed by atoms with Gasteiger partial charge in [0, 0.05) is 0 Å². The van der Waals surface area contributed by atoms with Gasteiger partial charge in [-0.2, -0.15) is 36.4 Å². The first-order chi connectivity index (χ1) is 17.4. The van der Waals surface area contributed by atoms with E-state index in [0.717, 1.165) is 22.6 Å². The number of rotatable bonds is 6. The summed E-state index contributed by atoms with van der Waals surface area (Å²) >= 11 is 11.8. The Morgan fingerprint density at radius 2 is 1.03 bits per heavy atom. The van der Waals surface area contributed by atoms with Gasteiger partial charge in [-0.25, -0.2) is 10.2 Å². The Morgan fingerprint density at radius 1 is 0.649 bits per heavy atom. The van der Waals surface area contributed by atoms with Gasteiger partial charge in [-0.1, -0.05) is 61.3 Å². The van der Waals surface area contributed by atoms with Gasteiger partial charge in [0.1, 0.15) is 0 Å². The Kier molecular flexibility index (Phi) is 12.0. The van der Waals surface area contributed by atoms with Crippen molar-refractivity contribution in [2.24, 2.45) is 10.2 Å². The summed E-state index contributed by atoms with van der Waals surface area (Å²) in [6, 6.07) is 29.1. The molecule has 0 bridgehead atoms. The van der Waals surface area contributed by atoms with Crippen molar-refractivity contribution in [1.29, 1.82) is 0 Å². The van der Waals surface area contributed by atoms with Gasteiger partial charge in [0.2, 0.25) is 0 Å². The fraction of sp³-hybridized carbons (Fsp3) is 0.0714. The van der Waals surface area contributed by atoms with E-state index >= 15 is 0 Å². The van der Waals surface area contributed by atoms with Gasteiger partial charge in [0.25, 0.3) is 11.8 Å². The van der Waals surface area contributed by atoms with Gasteiger partial charge < -0.3 is 0 Å². The first-order valence-electron chi connectivity index (χ1n) is 11.0. The maximum Gasteiger partial charge on any atom is 2.00 e. The summed E-state index contributed by atoms with van der Waals surface area (Å²) in [7, 11) is 0.